The van der Waals surface area contributed by atoms with Crippen LogP contribution in [0.4, 0.5) is 15.0 Å². The molecule has 1 heterocycles. The fourth-order valence-corrected chi connectivity index (χ4v) is 2.04. The Hall–Kier alpha value is -2.68. The van der Waals surface area contributed by atoms with Gasteiger partial charge in [0.2, 0.25) is 5.88 Å². The fraction of sp³-hybridized carbons (Fsp3) is 0.214. The van der Waals surface area contributed by atoms with Gasteiger partial charge in [-0.15, -0.1) is 5.10 Å². The molecule has 2 rings (SSSR count). The van der Waals surface area contributed by atoms with Gasteiger partial charge < -0.3 is 14.8 Å². The number of thiocarbonyl (C=S) groups is 1. The largest absolute Gasteiger partial charge is 0.479 e. The molecule has 0 bridgehead atoms. The highest BCUT2D eigenvalue weighted by molar-refractivity contribution is 7.80. The lowest BCUT2D eigenvalue weighted by molar-refractivity contribution is 0.158. The summed E-state index contributed by atoms with van der Waals surface area (Å²) in [4.78, 5) is 11.3. The first-order chi connectivity index (χ1) is 11.0. The van der Waals surface area contributed by atoms with Crippen molar-refractivity contribution in [2.45, 2.75) is 6.92 Å². The van der Waals surface area contributed by atoms with Gasteiger partial charge in [0, 0.05) is 0 Å². The molecular weight excluding hydrogens is 323 g/mol. The fourth-order valence-electron chi connectivity index (χ4n) is 1.85. The van der Waals surface area contributed by atoms with Crippen LogP contribution in [0, 0.1) is 5.82 Å². The van der Waals surface area contributed by atoms with E-state index in [9.17, 15) is 9.18 Å². The summed E-state index contributed by atoms with van der Waals surface area (Å²) in [7, 11) is 1.46. The van der Waals surface area contributed by atoms with Gasteiger partial charge in [-0.05, 0) is 36.8 Å². The lowest BCUT2D eigenvalue weighted by Gasteiger charge is -2.10. The number of hydrogen-bond donors (Lipinski definition) is 3. The molecule has 3 N–H and O–H groups in total. The smallest absolute Gasteiger partial charge is 0.413 e. The second-order valence-corrected chi connectivity index (χ2v) is 4.70. The number of carbonyl (C=O) groups is 1. The van der Waals surface area contributed by atoms with Crippen LogP contribution in [0.25, 0.3) is 11.1 Å². The van der Waals surface area contributed by atoms with E-state index in [-0.39, 0.29) is 17.5 Å². The zero-order chi connectivity index (χ0) is 16.8. The second kappa shape index (κ2) is 7.54. The zero-order valence-electron chi connectivity index (χ0n) is 12.5. The van der Waals surface area contributed by atoms with E-state index in [2.05, 4.69) is 20.8 Å². The molecule has 1 amide bonds. The molecule has 2 aromatic rings. The summed E-state index contributed by atoms with van der Waals surface area (Å²) in [6.07, 6.45) is -0.667. The van der Waals surface area contributed by atoms with Crippen molar-refractivity contribution in [3.63, 3.8) is 0 Å². The van der Waals surface area contributed by atoms with Gasteiger partial charge in [0.25, 0.3) is 0 Å². The number of halogens is 1. The molecule has 23 heavy (non-hydrogen) atoms. The van der Waals surface area contributed by atoms with Crippen LogP contribution in [0.15, 0.2) is 24.3 Å². The van der Waals surface area contributed by atoms with Crippen LogP contribution in [0.1, 0.15) is 6.92 Å². The predicted molar refractivity (Wildman–Crippen MR) is 86.9 cm³/mol. The van der Waals surface area contributed by atoms with Gasteiger partial charge in [-0.25, -0.2) is 9.18 Å². The number of methoxy groups -OCH3 is 1. The van der Waals surface area contributed by atoms with Crippen molar-refractivity contribution in [2.24, 2.45) is 0 Å². The molecule has 1 aromatic heterocycles. The number of ether oxygens (including phenoxy) is 2. The summed E-state index contributed by atoms with van der Waals surface area (Å²) < 4.78 is 23.0. The normalized spacial score (nSPS) is 10.0. The maximum Gasteiger partial charge on any atom is 0.413 e. The van der Waals surface area contributed by atoms with E-state index in [0.29, 0.717) is 22.8 Å². The van der Waals surface area contributed by atoms with E-state index in [1.165, 1.54) is 19.2 Å². The standard InChI is InChI=1S/C14H15FN4O3S/c1-3-22-14(20)17-13(23)16-11-10(12(21-2)19-18-11)8-4-6-9(15)7-5-8/h4-7H,3H2,1-2H3,(H3,16,17,18,19,20,23). The summed E-state index contributed by atoms with van der Waals surface area (Å²) in [6.45, 7) is 1.91. The van der Waals surface area contributed by atoms with Gasteiger partial charge in [0.1, 0.15) is 11.6 Å². The minimum atomic E-state index is -0.667. The monoisotopic (exact) mass is 338 g/mol. The average Bonchev–Trinajstić information content (AvgIpc) is 2.90. The quantitative estimate of drug-likeness (QED) is 0.743. The highest BCUT2D eigenvalue weighted by Gasteiger charge is 2.17. The number of aromatic nitrogens is 2. The molecule has 0 atom stereocenters. The number of alkyl carbamates (subject to hydrolysis) is 1. The summed E-state index contributed by atoms with van der Waals surface area (Å²) in [5, 5.41) is 11.9. The summed E-state index contributed by atoms with van der Waals surface area (Å²) in [5.41, 5.74) is 1.22. The number of hydrogen-bond acceptors (Lipinski definition) is 5. The van der Waals surface area contributed by atoms with Crippen LogP contribution < -0.4 is 15.4 Å². The van der Waals surface area contributed by atoms with Crippen molar-refractivity contribution in [1.82, 2.24) is 15.5 Å². The molecule has 0 radical (unpaired) electrons. The molecule has 0 aliphatic rings. The Morgan fingerprint density at radius 3 is 2.70 bits per heavy atom. The van der Waals surface area contributed by atoms with E-state index >= 15 is 0 Å². The van der Waals surface area contributed by atoms with Crippen LogP contribution in [0.2, 0.25) is 0 Å². The van der Waals surface area contributed by atoms with Crippen molar-refractivity contribution in [3.05, 3.63) is 30.1 Å². The Bertz CT molecular complexity index is 703. The minimum Gasteiger partial charge on any atom is -0.479 e. The molecular formula is C14H15FN4O3S. The zero-order valence-corrected chi connectivity index (χ0v) is 13.3. The molecule has 0 spiro atoms. The van der Waals surface area contributed by atoms with Gasteiger partial charge >= 0.3 is 6.09 Å². The third-order valence-corrected chi connectivity index (χ3v) is 2.99. The average molecular weight is 338 g/mol. The molecule has 0 saturated carbocycles. The highest BCUT2D eigenvalue weighted by atomic mass is 32.1. The van der Waals surface area contributed by atoms with Gasteiger partial charge in [-0.2, -0.15) is 0 Å². The van der Waals surface area contributed by atoms with Crippen molar-refractivity contribution in [2.75, 3.05) is 19.0 Å². The molecule has 0 aliphatic carbocycles. The molecule has 0 aliphatic heterocycles. The van der Waals surface area contributed by atoms with Crippen LogP contribution in [-0.4, -0.2) is 35.1 Å². The first-order valence-electron chi connectivity index (χ1n) is 6.68. The topological polar surface area (TPSA) is 88.3 Å². The van der Waals surface area contributed by atoms with E-state index in [0.717, 1.165) is 0 Å². The van der Waals surface area contributed by atoms with Gasteiger partial charge in [-0.3, -0.25) is 10.4 Å². The SMILES string of the molecule is CCOC(=O)NC(=S)Nc1[nH]nc(OC)c1-c1ccc(F)cc1. The van der Waals surface area contributed by atoms with Crippen LogP contribution in [0.5, 0.6) is 5.88 Å². The number of H-pyrrole nitrogens is 1. The number of anilines is 1. The van der Waals surface area contributed by atoms with E-state index < -0.39 is 6.09 Å². The Labute approximate surface area is 137 Å². The molecule has 1 aromatic carbocycles. The maximum absolute atomic E-state index is 13.1. The predicted octanol–water partition coefficient (Wildman–Crippen LogP) is 2.67. The first kappa shape index (κ1) is 16.7. The number of nitrogens with one attached hydrogen (secondary N) is 3. The van der Waals surface area contributed by atoms with Gasteiger partial charge in [-0.1, -0.05) is 12.1 Å². The molecule has 122 valence electrons. The highest BCUT2D eigenvalue weighted by Crippen LogP contribution is 2.34. The Morgan fingerprint density at radius 1 is 1.39 bits per heavy atom. The Kier molecular flexibility index (Phi) is 5.47. The summed E-state index contributed by atoms with van der Waals surface area (Å²) in [5.74, 6) is 0.346. The molecule has 0 unspecified atom stereocenters. The number of aromatic amines is 1. The van der Waals surface area contributed by atoms with Crippen LogP contribution >= 0.6 is 12.2 Å². The second-order valence-electron chi connectivity index (χ2n) is 4.29. The third-order valence-electron chi connectivity index (χ3n) is 2.79. The van der Waals surface area contributed by atoms with Gasteiger partial charge in [0.15, 0.2) is 5.11 Å². The lowest BCUT2D eigenvalue weighted by atomic mass is 10.1. The summed E-state index contributed by atoms with van der Waals surface area (Å²) in [6, 6.07) is 5.80. The molecule has 0 saturated heterocycles. The Morgan fingerprint density at radius 2 is 2.09 bits per heavy atom. The molecule has 7 nitrogen and oxygen atoms in total. The number of carbonyl (C=O) groups excluding carboxylic acids is 1. The van der Waals surface area contributed by atoms with Crippen LogP contribution in [0.3, 0.4) is 0 Å². The van der Waals surface area contributed by atoms with E-state index in [4.69, 9.17) is 21.7 Å². The number of amides is 1. The minimum absolute atomic E-state index is 0.0260. The van der Waals surface area contributed by atoms with Crippen LogP contribution in [-0.2, 0) is 4.74 Å². The number of rotatable bonds is 4. The van der Waals surface area contributed by atoms with Crippen molar-refractivity contribution in [1.29, 1.82) is 0 Å². The third kappa shape index (κ3) is 4.16. The number of benzene rings is 1. The van der Waals surface area contributed by atoms with Crippen molar-refractivity contribution >= 4 is 29.2 Å². The van der Waals surface area contributed by atoms with E-state index in [1.807, 2.05) is 0 Å². The molecule has 9 heteroatoms. The Balaban J connectivity index is 2.23. The first-order valence-corrected chi connectivity index (χ1v) is 7.09. The summed E-state index contributed by atoms with van der Waals surface area (Å²) >= 11 is 5.03. The van der Waals surface area contributed by atoms with Crippen molar-refractivity contribution in [3.8, 4) is 17.0 Å². The maximum atomic E-state index is 13.1. The van der Waals surface area contributed by atoms with Gasteiger partial charge in [0.05, 0.1) is 19.3 Å². The van der Waals surface area contributed by atoms with Crippen molar-refractivity contribution < 1.29 is 18.7 Å². The lowest BCUT2D eigenvalue weighted by Crippen LogP contribution is -2.34. The van der Waals surface area contributed by atoms with E-state index in [1.54, 1.807) is 19.1 Å². The molecule has 0 fully saturated rings. The number of nitrogens with zero attached hydrogens (tertiary/aromatic N) is 1.